The predicted molar refractivity (Wildman–Crippen MR) is 105 cm³/mol. The van der Waals surface area contributed by atoms with Crippen LogP contribution in [0.15, 0.2) is 30.3 Å². The molecule has 1 aliphatic heterocycles. The summed E-state index contributed by atoms with van der Waals surface area (Å²) < 4.78 is 0. The van der Waals surface area contributed by atoms with Gasteiger partial charge in [-0.05, 0) is 32.4 Å². The zero-order valence-corrected chi connectivity index (χ0v) is 16.4. The van der Waals surface area contributed by atoms with Gasteiger partial charge in [0.25, 0.3) is 0 Å². The number of para-hydroxylation sites is 1. The Bertz CT molecular complexity index is 591. The number of hydrogen-bond acceptors (Lipinski definition) is 4. The van der Waals surface area contributed by atoms with Crippen molar-refractivity contribution in [1.29, 1.82) is 0 Å². The van der Waals surface area contributed by atoms with Gasteiger partial charge >= 0.3 is 0 Å². The van der Waals surface area contributed by atoms with Crippen molar-refractivity contribution < 1.29 is 9.59 Å². The third kappa shape index (κ3) is 5.21. The fourth-order valence-corrected chi connectivity index (χ4v) is 3.39. The molecule has 2 rings (SSSR count). The molecule has 1 fully saturated rings. The number of nitrogens with one attached hydrogen (secondary N) is 1. The van der Waals surface area contributed by atoms with Crippen molar-refractivity contribution in [3.63, 3.8) is 0 Å². The number of nitrogens with zero attached hydrogens (tertiary/aromatic N) is 3. The summed E-state index contributed by atoms with van der Waals surface area (Å²) in [6.07, 6.45) is 1.24. The first-order chi connectivity index (χ1) is 12.4. The fourth-order valence-electron chi connectivity index (χ4n) is 3.39. The summed E-state index contributed by atoms with van der Waals surface area (Å²) in [4.78, 5) is 31.2. The van der Waals surface area contributed by atoms with Crippen molar-refractivity contribution in [2.75, 3.05) is 45.2 Å². The molecule has 0 saturated carbocycles. The number of carbonyl (C=O) groups is 2. The Morgan fingerprint density at radius 1 is 1.23 bits per heavy atom. The van der Waals surface area contributed by atoms with Gasteiger partial charge in [0.15, 0.2) is 0 Å². The van der Waals surface area contributed by atoms with E-state index in [0.717, 1.165) is 25.2 Å². The summed E-state index contributed by atoms with van der Waals surface area (Å²) in [6, 6.07) is 10.1. The van der Waals surface area contributed by atoms with Gasteiger partial charge in [0.1, 0.15) is 6.04 Å². The zero-order valence-electron chi connectivity index (χ0n) is 16.4. The van der Waals surface area contributed by atoms with Gasteiger partial charge < -0.3 is 15.1 Å². The molecule has 6 nitrogen and oxygen atoms in total. The molecular weight excluding hydrogens is 328 g/mol. The van der Waals surface area contributed by atoms with Crippen molar-refractivity contribution in [1.82, 2.24) is 15.1 Å². The molecule has 1 saturated heterocycles. The van der Waals surface area contributed by atoms with E-state index in [4.69, 9.17) is 0 Å². The maximum Gasteiger partial charge on any atom is 0.243 e. The number of benzene rings is 1. The second-order valence-electron chi connectivity index (χ2n) is 7.17. The average Bonchev–Trinajstić information content (AvgIpc) is 2.67. The first kappa shape index (κ1) is 20.2. The Morgan fingerprint density at radius 2 is 1.92 bits per heavy atom. The monoisotopic (exact) mass is 360 g/mol. The minimum Gasteiger partial charge on any atom is -0.375 e. The topological polar surface area (TPSA) is 55.9 Å². The van der Waals surface area contributed by atoms with Crippen LogP contribution in [0.25, 0.3) is 0 Å². The number of anilines is 1. The molecule has 0 radical (unpaired) electrons. The van der Waals surface area contributed by atoms with E-state index in [-0.39, 0.29) is 11.8 Å². The van der Waals surface area contributed by atoms with Crippen molar-refractivity contribution >= 4 is 17.5 Å². The van der Waals surface area contributed by atoms with E-state index in [0.29, 0.717) is 25.6 Å². The van der Waals surface area contributed by atoms with E-state index in [9.17, 15) is 9.59 Å². The first-order valence-electron chi connectivity index (χ1n) is 9.45. The van der Waals surface area contributed by atoms with Gasteiger partial charge in [-0.2, -0.15) is 0 Å². The lowest BCUT2D eigenvalue weighted by molar-refractivity contribution is -0.144. The number of rotatable bonds is 7. The van der Waals surface area contributed by atoms with Gasteiger partial charge in [-0.25, -0.2) is 0 Å². The highest BCUT2D eigenvalue weighted by Gasteiger charge is 2.35. The molecule has 0 spiro atoms. The molecule has 144 valence electrons. The highest BCUT2D eigenvalue weighted by Crippen LogP contribution is 2.16. The summed E-state index contributed by atoms with van der Waals surface area (Å²) in [5, 5.41) is 2.71. The van der Waals surface area contributed by atoms with Crippen LogP contribution in [0.3, 0.4) is 0 Å². The molecule has 0 aromatic heterocycles. The first-order valence-corrected chi connectivity index (χ1v) is 9.45. The second-order valence-corrected chi connectivity index (χ2v) is 7.17. The smallest absolute Gasteiger partial charge is 0.243 e. The molecule has 1 N–H and O–H groups in total. The van der Waals surface area contributed by atoms with Crippen molar-refractivity contribution in [2.24, 2.45) is 0 Å². The number of hydrogen-bond donors (Lipinski definition) is 1. The fraction of sp³-hybridized carbons (Fsp3) is 0.600. The summed E-state index contributed by atoms with van der Waals surface area (Å²) in [7, 11) is 3.67. The SMILES string of the molecule is CNC(=O)C1CN(C(C)C)CCN1C(=O)CCCN(C)c1ccccc1. The van der Waals surface area contributed by atoms with Crippen LogP contribution in [0.4, 0.5) is 5.69 Å². The van der Waals surface area contributed by atoms with Crippen LogP contribution in [-0.4, -0.2) is 74.0 Å². The lowest BCUT2D eigenvalue weighted by Crippen LogP contribution is -2.61. The minimum absolute atomic E-state index is 0.0727. The summed E-state index contributed by atoms with van der Waals surface area (Å²) in [6.45, 7) is 7.10. The lowest BCUT2D eigenvalue weighted by atomic mass is 10.1. The Morgan fingerprint density at radius 3 is 2.54 bits per heavy atom. The van der Waals surface area contributed by atoms with E-state index >= 15 is 0 Å². The van der Waals surface area contributed by atoms with Crippen LogP contribution in [0, 0.1) is 0 Å². The van der Waals surface area contributed by atoms with Crippen LogP contribution in [0.1, 0.15) is 26.7 Å². The molecule has 1 aliphatic rings. The van der Waals surface area contributed by atoms with Crippen LogP contribution in [-0.2, 0) is 9.59 Å². The summed E-state index contributed by atoms with van der Waals surface area (Å²) >= 11 is 0. The highest BCUT2D eigenvalue weighted by atomic mass is 16.2. The van der Waals surface area contributed by atoms with Crippen molar-refractivity contribution in [3.05, 3.63) is 30.3 Å². The molecular formula is C20H32N4O2. The maximum absolute atomic E-state index is 12.7. The van der Waals surface area contributed by atoms with Crippen molar-refractivity contribution in [2.45, 2.75) is 38.8 Å². The van der Waals surface area contributed by atoms with E-state index in [1.807, 2.05) is 25.2 Å². The van der Waals surface area contributed by atoms with E-state index in [1.165, 1.54) is 0 Å². The molecule has 6 heteroatoms. The van der Waals surface area contributed by atoms with Crippen LogP contribution >= 0.6 is 0 Å². The molecule has 1 atom stereocenters. The standard InChI is InChI=1S/C20H32N4O2/c1-16(2)23-13-14-24(18(15-23)20(26)21-3)19(25)11-8-12-22(4)17-9-6-5-7-10-17/h5-7,9-10,16,18H,8,11-15H2,1-4H3,(H,21,26). The minimum atomic E-state index is -0.393. The molecule has 0 bridgehead atoms. The third-order valence-corrected chi connectivity index (χ3v) is 5.09. The molecule has 0 aliphatic carbocycles. The Balaban J connectivity index is 1.89. The van der Waals surface area contributed by atoms with E-state index in [2.05, 4.69) is 41.1 Å². The summed E-state index contributed by atoms with van der Waals surface area (Å²) in [5.74, 6) is -0.00595. The van der Waals surface area contributed by atoms with Gasteiger partial charge in [0.2, 0.25) is 11.8 Å². The van der Waals surface area contributed by atoms with Crippen LogP contribution in [0.5, 0.6) is 0 Å². The summed E-state index contributed by atoms with van der Waals surface area (Å²) in [5.41, 5.74) is 1.15. The molecule has 1 aromatic rings. The predicted octanol–water partition coefficient (Wildman–Crippen LogP) is 1.57. The molecule has 1 aromatic carbocycles. The van der Waals surface area contributed by atoms with Crippen LogP contribution in [0.2, 0.25) is 0 Å². The number of amides is 2. The quantitative estimate of drug-likeness (QED) is 0.802. The molecule has 1 unspecified atom stereocenters. The maximum atomic E-state index is 12.7. The molecule has 1 heterocycles. The average molecular weight is 361 g/mol. The Hall–Kier alpha value is -2.08. The number of piperazine rings is 1. The van der Waals surface area contributed by atoms with Gasteiger partial charge in [0, 0.05) is 58.4 Å². The number of likely N-dealkylation sites (N-methyl/N-ethyl adjacent to an activating group) is 1. The Labute approximate surface area is 157 Å². The van der Waals surface area contributed by atoms with Gasteiger partial charge in [0.05, 0.1) is 0 Å². The van der Waals surface area contributed by atoms with E-state index in [1.54, 1.807) is 11.9 Å². The van der Waals surface area contributed by atoms with Gasteiger partial charge in [-0.15, -0.1) is 0 Å². The molecule has 2 amide bonds. The van der Waals surface area contributed by atoms with Gasteiger partial charge in [-0.3, -0.25) is 14.5 Å². The largest absolute Gasteiger partial charge is 0.375 e. The third-order valence-electron chi connectivity index (χ3n) is 5.09. The second kappa shape index (κ2) is 9.57. The van der Waals surface area contributed by atoms with E-state index < -0.39 is 6.04 Å². The van der Waals surface area contributed by atoms with Gasteiger partial charge in [-0.1, -0.05) is 18.2 Å². The normalized spacial score (nSPS) is 18.0. The highest BCUT2D eigenvalue weighted by molar-refractivity contribution is 5.88. The Kier molecular flexibility index (Phi) is 7.45. The zero-order chi connectivity index (χ0) is 19.1. The van der Waals surface area contributed by atoms with Crippen LogP contribution < -0.4 is 10.2 Å². The number of carbonyl (C=O) groups excluding carboxylic acids is 2. The molecule has 26 heavy (non-hydrogen) atoms. The lowest BCUT2D eigenvalue weighted by Gasteiger charge is -2.42. The van der Waals surface area contributed by atoms with Crippen molar-refractivity contribution in [3.8, 4) is 0 Å².